The van der Waals surface area contributed by atoms with Crippen molar-refractivity contribution in [2.45, 2.75) is 59.0 Å². The van der Waals surface area contributed by atoms with Crippen LogP contribution in [0.1, 0.15) is 53.5 Å². The Labute approximate surface area is 123 Å². The lowest BCUT2D eigenvalue weighted by atomic mass is 9.87. The lowest BCUT2D eigenvalue weighted by Crippen LogP contribution is -2.25. The van der Waals surface area contributed by atoms with Gasteiger partial charge in [-0.05, 0) is 31.7 Å². The first kappa shape index (κ1) is 18.7. The van der Waals surface area contributed by atoms with Crippen molar-refractivity contribution in [2.75, 3.05) is 6.54 Å². The summed E-state index contributed by atoms with van der Waals surface area (Å²) in [6.07, 6.45) is 0.303. The van der Waals surface area contributed by atoms with Crippen molar-refractivity contribution < 1.29 is 9.53 Å². The molecule has 20 heavy (non-hydrogen) atoms. The summed E-state index contributed by atoms with van der Waals surface area (Å²) in [5.41, 5.74) is 6.46. The molecule has 0 aliphatic rings. The number of esters is 1. The van der Waals surface area contributed by atoms with Crippen LogP contribution in [0.15, 0.2) is 30.3 Å². The van der Waals surface area contributed by atoms with Crippen molar-refractivity contribution in [1.82, 2.24) is 0 Å². The number of rotatable bonds is 2. The van der Waals surface area contributed by atoms with E-state index < -0.39 is 0 Å². The van der Waals surface area contributed by atoms with Crippen LogP contribution < -0.4 is 5.73 Å². The van der Waals surface area contributed by atoms with Crippen LogP contribution in [0.2, 0.25) is 0 Å². The first-order chi connectivity index (χ1) is 9.06. The smallest absolute Gasteiger partial charge is 0.307 e. The summed E-state index contributed by atoms with van der Waals surface area (Å²) in [5, 5.41) is 0. The molecule has 0 aliphatic carbocycles. The van der Waals surface area contributed by atoms with Gasteiger partial charge in [0.15, 0.2) is 0 Å². The number of nitrogens with two attached hydrogens (primary N) is 1. The predicted molar refractivity (Wildman–Crippen MR) is 84.7 cm³/mol. The van der Waals surface area contributed by atoms with Gasteiger partial charge in [-0.3, -0.25) is 4.79 Å². The largest absolute Gasteiger partial charge is 0.460 e. The quantitative estimate of drug-likeness (QED) is 0.841. The highest BCUT2D eigenvalue weighted by Crippen LogP contribution is 2.20. The monoisotopic (exact) mass is 279 g/mol. The van der Waals surface area contributed by atoms with Crippen LogP contribution in [0.4, 0.5) is 0 Å². The minimum Gasteiger partial charge on any atom is -0.460 e. The van der Waals surface area contributed by atoms with Crippen LogP contribution in [-0.4, -0.2) is 18.1 Å². The third-order valence-corrected chi connectivity index (χ3v) is 2.41. The molecule has 1 aromatic carbocycles. The molecule has 0 amide bonds. The third-order valence-electron chi connectivity index (χ3n) is 2.41. The van der Waals surface area contributed by atoms with Gasteiger partial charge in [-0.15, -0.1) is 0 Å². The van der Waals surface area contributed by atoms with Gasteiger partial charge in [0.1, 0.15) is 5.60 Å². The van der Waals surface area contributed by atoms with E-state index in [4.69, 9.17) is 10.5 Å². The first-order valence-corrected chi connectivity index (χ1v) is 7.03. The van der Waals surface area contributed by atoms with Crippen molar-refractivity contribution in [3.8, 4) is 0 Å². The number of carbonyl (C=O) groups is 1. The first-order valence-electron chi connectivity index (χ1n) is 7.03. The molecular formula is C17H29NO2. The fourth-order valence-corrected chi connectivity index (χ4v) is 1.45. The molecule has 0 aliphatic heterocycles. The Morgan fingerprint density at radius 1 is 1.05 bits per heavy atom. The Bertz CT molecular complexity index is 386. The minimum atomic E-state index is -0.383. The van der Waals surface area contributed by atoms with Crippen LogP contribution in [0.5, 0.6) is 0 Å². The zero-order chi connectivity index (χ0) is 15.8. The van der Waals surface area contributed by atoms with Crippen molar-refractivity contribution >= 4 is 5.97 Å². The van der Waals surface area contributed by atoms with Crippen molar-refractivity contribution in [3.05, 3.63) is 35.9 Å². The van der Waals surface area contributed by atoms with E-state index in [2.05, 4.69) is 51.1 Å². The second-order valence-electron chi connectivity index (χ2n) is 6.74. The molecule has 1 rings (SSSR count). The molecule has 0 atom stereocenters. The minimum absolute atomic E-state index is 0.227. The van der Waals surface area contributed by atoms with E-state index in [1.54, 1.807) is 0 Å². The van der Waals surface area contributed by atoms with Gasteiger partial charge in [-0.1, -0.05) is 51.1 Å². The normalized spacial score (nSPS) is 11.3. The molecule has 2 N–H and O–H groups in total. The SMILES string of the molecule is CC(C)(C)OC(=O)CCN.CC(C)(C)c1ccccc1. The predicted octanol–water partition coefficient (Wildman–Crippen LogP) is 3.66. The topological polar surface area (TPSA) is 52.3 Å². The molecule has 3 nitrogen and oxygen atoms in total. The molecule has 0 spiro atoms. The summed E-state index contributed by atoms with van der Waals surface area (Å²) in [7, 11) is 0. The van der Waals surface area contributed by atoms with Crippen molar-refractivity contribution in [1.29, 1.82) is 0 Å². The average molecular weight is 279 g/mol. The van der Waals surface area contributed by atoms with E-state index in [0.717, 1.165) is 0 Å². The molecule has 0 unspecified atom stereocenters. The van der Waals surface area contributed by atoms with Gasteiger partial charge in [-0.2, -0.15) is 0 Å². The molecule has 0 bridgehead atoms. The van der Waals surface area contributed by atoms with E-state index in [-0.39, 0.29) is 11.6 Å². The maximum Gasteiger partial charge on any atom is 0.307 e. The Balaban J connectivity index is 0.000000361. The highest BCUT2D eigenvalue weighted by atomic mass is 16.6. The summed E-state index contributed by atoms with van der Waals surface area (Å²) in [4.78, 5) is 10.8. The van der Waals surface area contributed by atoms with Gasteiger partial charge in [0.2, 0.25) is 0 Å². The maximum atomic E-state index is 10.8. The summed E-state index contributed by atoms with van der Waals surface area (Å²) in [6, 6.07) is 10.6. The van der Waals surface area contributed by atoms with Crippen LogP contribution in [0.25, 0.3) is 0 Å². The molecule has 0 aromatic heterocycles. The molecular weight excluding hydrogens is 250 g/mol. The zero-order valence-electron chi connectivity index (χ0n) is 13.7. The van der Waals surface area contributed by atoms with Crippen LogP contribution >= 0.6 is 0 Å². The molecule has 0 radical (unpaired) electrons. The molecule has 0 saturated carbocycles. The Morgan fingerprint density at radius 2 is 1.55 bits per heavy atom. The summed E-state index contributed by atoms with van der Waals surface area (Å²) < 4.78 is 4.96. The van der Waals surface area contributed by atoms with E-state index in [1.807, 2.05) is 20.8 Å². The third kappa shape index (κ3) is 9.56. The second kappa shape index (κ2) is 8.05. The highest BCUT2D eigenvalue weighted by Gasteiger charge is 2.14. The number of hydrogen-bond donors (Lipinski definition) is 1. The van der Waals surface area contributed by atoms with E-state index in [1.165, 1.54) is 5.56 Å². The average Bonchev–Trinajstić information content (AvgIpc) is 2.27. The van der Waals surface area contributed by atoms with Gasteiger partial charge < -0.3 is 10.5 Å². The van der Waals surface area contributed by atoms with Crippen LogP contribution in [0.3, 0.4) is 0 Å². The van der Waals surface area contributed by atoms with Crippen LogP contribution in [-0.2, 0) is 14.9 Å². The van der Waals surface area contributed by atoms with Gasteiger partial charge >= 0.3 is 5.97 Å². The fraction of sp³-hybridized carbons (Fsp3) is 0.588. The van der Waals surface area contributed by atoms with E-state index >= 15 is 0 Å². The Hall–Kier alpha value is -1.35. The van der Waals surface area contributed by atoms with Gasteiger partial charge in [0.05, 0.1) is 6.42 Å². The maximum absolute atomic E-state index is 10.8. The number of carbonyl (C=O) groups excluding carboxylic acids is 1. The Morgan fingerprint density at radius 3 is 1.85 bits per heavy atom. The summed E-state index contributed by atoms with van der Waals surface area (Å²) >= 11 is 0. The standard InChI is InChI=1S/C10H14.C7H15NO2/c1-10(2,3)9-7-5-4-6-8-9;1-7(2,3)10-6(9)4-5-8/h4-8H,1-3H3;4-5,8H2,1-3H3. The number of benzene rings is 1. The lowest BCUT2D eigenvalue weighted by molar-refractivity contribution is -0.154. The van der Waals surface area contributed by atoms with Crippen molar-refractivity contribution in [2.24, 2.45) is 5.73 Å². The van der Waals surface area contributed by atoms with Gasteiger partial charge in [0, 0.05) is 6.54 Å². The lowest BCUT2D eigenvalue weighted by Gasteiger charge is -2.18. The fourth-order valence-electron chi connectivity index (χ4n) is 1.45. The molecule has 1 aromatic rings. The molecule has 114 valence electrons. The molecule has 0 fully saturated rings. The van der Waals surface area contributed by atoms with Crippen molar-refractivity contribution in [3.63, 3.8) is 0 Å². The van der Waals surface area contributed by atoms with E-state index in [0.29, 0.717) is 18.4 Å². The zero-order valence-corrected chi connectivity index (χ0v) is 13.7. The van der Waals surface area contributed by atoms with Crippen LogP contribution in [0, 0.1) is 0 Å². The van der Waals surface area contributed by atoms with Gasteiger partial charge in [0.25, 0.3) is 0 Å². The molecule has 0 saturated heterocycles. The van der Waals surface area contributed by atoms with Gasteiger partial charge in [-0.25, -0.2) is 0 Å². The van der Waals surface area contributed by atoms with E-state index in [9.17, 15) is 4.79 Å². The highest BCUT2D eigenvalue weighted by molar-refractivity contribution is 5.69. The second-order valence-corrected chi connectivity index (χ2v) is 6.74. The molecule has 0 heterocycles. The summed E-state index contributed by atoms with van der Waals surface area (Å²) in [5.74, 6) is -0.227. The number of ether oxygens (including phenoxy) is 1. The number of hydrogen-bond acceptors (Lipinski definition) is 3. The Kier molecular flexibility index (Phi) is 7.51. The molecule has 3 heteroatoms. The summed E-state index contributed by atoms with van der Waals surface area (Å²) in [6.45, 7) is 12.5.